The van der Waals surface area contributed by atoms with Crippen molar-refractivity contribution in [2.75, 3.05) is 26.7 Å². The van der Waals surface area contributed by atoms with Crippen molar-refractivity contribution in [3.05, 3.63) is 35.9 Å². The molecular weight excluding hydrogens is 206 g/mol. The van der Waals surface area contributed by atoms with Crippen molar-refractivity contribution in [1.82, 2.24) is 4.90 Å². The Kier molecular flexibility index (Phi) is 5.53. The molecule has 0 fully saturated rings. The van der Waals surface area contributed by atoms with E-state index in [1.54, 1.807) is 11.9 Å². The average Bonchev–Trinajstić information content (AvgIpc) is 2.28. The third-order valence-corrected chi connectivity index (χ3v) is 2.12. The summed E-state index contributed by atoms with van der Waals surface area (Å²) in [6.45, 7) is 1.02. The van der Waals surface area contributed by atoms with Crippen LogP contribution in [0.25, 0.3) is 0 Å². The number of carbonyl (C=O) groups excluding carboxylic acids is 1. The number of rotatable bonds is 6. The second-order valence-corrected chi connectivity index (χ2v) is 3.61. The quantitative estimate of drug-likeness (QED) is 0.720. The van der Waals surface area contributed by atoms with Crippen molar-refractivity contribution in [2.45, 2.75) is 6.61 Å². The predicted octanol–water partition coefficient (Wildman–Crippen LogP) is 0.654. The first-order chi connectivity index (χ1) is 7.72. The van der Waals surface area contributed by atoms with Crippen LogP contribution in [0, 0.1) is 0 Å². The molecule has 16 heavy (non-hydrogen) atoms. The van der Waals surface area contributed by atoms with Crippen LogP contribution in [0.15, 0.2) is 30.3 Å². The molecule has 1 aromatic carbocycles. The molecule has 0 heterocycles. The molecule has 1 rings (SSSR count). The van der Waals surface area contributed by atoms with Crippen molar-refractivity contribution >= 4 is 5.97 Å². The predicted molar refractivity (Wildman–Crippen MR) is 60.8 cm³/mol. The minimum absolute atomic E-state index is 0.0441. The monoisotopic (exact) mass is 223 g/mol. The zero-order chi connectivity index (χ0) is 11.8. The summed E-state index contributed by atoms with van der Waals surface area (Å²) in [6, 6.07) is 9.54. The van der Waals surface area contributed by atoms with Gasteiger partial charge in [0.2, 0.25) is 0 Å². The van der Waals surface area contributed by atoms with Crippen molar-refractivity contribution in [3.63, 3.8) is 0 Å². The molecule has 0 unspecified atom stereocenters. The molecule has 0 aliphatic heterocycles. The van der Waals surface area contributed by atoms with E-state index < -0.39 is 0 Å². The van der Waals surface area contributed by atoms with Gasteiger partial charge in [-0.2, -0.15) is 0 Å². The number of aliphatic hydroxyl groups is 1. The SMILES string of the molecule is CN(CCO)CC(=O)OCc1ccccc1. The molecule has 0 radical (unpaired) electrons. The van der Waals surface area contributed by atoms with Crippen molar-refractivity contribution in [3.8, 4) is 0 Å². The second-order valence-electron chi connectivity index (χ2n) is 3.61. The number of hydrogen-bond acceptors (Lipinski definition) is 4. The summed E-state index contributed by atoms with van der Waals surface area (Å²) in [5.41, 5.74) is 0.973. The number of carbonyl (C=O) groups is 1. The Morgan fingerprint density at radius 1 is 1.38 bits per heavy atom. The standard InChI is InChI=1S/C12H17NO3/c1-13(7-8-14)9-12(15)16-10-11-5-3-2-4-6-11/h2-6,14H,7-10H2,1H3. The maximum absolute atomic E-state index is 11.4. The Balaban J connectivity index is 2.25. The normalized spacial score (nSPS) is 10.4. The van der Waals surface area contributed by atoms with E-state index in [1.165, 1.54) is 0 Å². The van der Waals surface area contributed by atoms with Gasteiger partial charge >= 0.3 is 5.97 Å². The van der Waals surface area contributed by atoms with Crippen LogP contribution in [0.3, 0.4) is 0 Å². The Morgan fingerprint density at radius 3 is 2.69 bits per heavy atom. The van der Waals surface area contributed by atoms with E-state index >= 15 is 0 Å². The van der Waals surface area contributed by atoms with E-state index in [4.69, 9.17) is 9.84 Å². The van der Waals surface area contributed by atoms with Crippen LogP contribution >= 0.6 is 0 Å². The Hall–Kier alpha value is -1.39. The lowest BCUT2D eigenvalue weighted by Gasteiger charge is -2.13. The van der Waals surface area contributed by atoms with E-state index in [9.17, 15) is 4.79 Å². The number of benzene rings is 1. The molecule has 0 bridgehead atoms. The fourth-order valence-electron chi connectivity index (χ4n) is 1.25. The van der Waals surface area contributed by atoms with Crippen molar-refractivity contribution < 1.29 is 14.6 Å². The summed E-state index contributed by atoms with van der Waals surface area (Å²) >= 11 is 0. The number of likely N-dealkylation sites (N-methyl/N-ethyl adjacent to an activating group) is 1. The molecule has 0 aromatic heterocycles. The summed E-state index contributed by atoms with van der Waals surface area (Å²) in [7, 11) is 1.76. The summed E-state index contributed by atoms with van der Waals surface area (Å²) in [5.74, 6) is -0.278. The average molecular weight is 223 g/mol. The van der Waals surface area contributed by atoms with Gasteiger partial charge in [-0.15, -0.1) is 0 Å². The Bertz CT molecular complexity index is 313. The highest BCUT2D eigenvalue weighted by molar-refractivity contribution is 5.71. The molecule has 0 aliphatic carbocycles. The molecule has 0 aliphatic rings. The smallest absolute Gasteiger partial charge is 0.320 e. The van der Waals surface area contributed by atoms with Crippen LogP contribution in [0.1, 0.15) is 5.56 Å². The first kappa shape index (κ1) is 12.7. The Morgan fingerprint density at radius 2 is 2.06 bits per heavy atom. The number of esters is 1. The molecule has 4 nitrogen and oxygen atoms in total. The third-order valence-electron chi connectivity index (χ3n) is 2.12. The minimum Gasteiger partial charge on any atom is -0.460 e. The van der Waals surface area contributed by atoms with Gasteiger partial charge in [0.15, 0.2) is 0 Å². The van der Waals surface area contributed by atoms with Crippen LogP contribution in [0.4, 0.5) is 0 Å². The first-order valence-electron chi connectivity index (χ1n) is 5.21. The highest BCUT2D eigenvalue weighted by Crippen LogP contribution is 2.00. The molecular formula is C12H17NO3. The fraction of sp³-hybridized carbons (Fsp3) is 0.417. The summed E-state index contributed by atoms with van der Waals surface area (Å²) in [6.07, 6.45) is 0. The highest BCUT2D eigenvalue weighted by atomic mass is 16.5. The number of hydrogen-bond donors (Lipinski definition) is 1. The fourth-order valence-corrected chi connectivity index (χ4v) is 1.25. The van der Waals surface area contributed by atoms with Crippen molar-refractivity contribution in [2.24, 2.45) is 0 Å². The summed E-state index contributed by atoms with van der Waals surface area (Å²) in [4.78, 5) is 13.1. The summed E-state index contributed by atoms with van der Waals surface area (Å²) in [5, 5.41) is 8.66. The molecule has 88 valence electrons. The van der Waals surface area contributed by atoms with Crippen LogP contribution in [-0.4, -0.2) is 42.7 Å². The van der Waals surface area contributed by atoms with E-state index in [1.807, 2.05) is 30.3 Å². The molecule has 0 saturated carbocycles. The van der Waals surface area contributed by atoms with Crippen molar-refractivity contribution in [1.29, 1.82) is 0 Å². The molecule has 1 aromatic rings. The lowest BCUT2D eigenvalue weighted by Crippen LogP contribution is -2.29. The molecule has 0 amide bonds. The van der Waals surface area contributed by atoms with E-state index in [2.05, 4.69) is 0 Å². The van der Waals surface area contributed by atoms with E-state index in [-0.39, 0.29) is 19.1 Å². The van der Waals surface area contributed by atoms with Crippen LogP contribution in [0.2, 0.25) is 0 Å². The topological polar surface area (TPSA) is 49.8 Å². The van der Waals surface area contributed by atoms with E-state index in [0.29, 0.717) is 13.2 Å². The molecule has 0 saturated heterocycles. The van der Waals surface area contributed by atoms with Gasteiger partial charge in [0, 0.05) is 6.54 Å². The van der Waals surface area contributed by atoms with Crippen LogP contribution in [-0.2, 0) is 16.1 Å². The molecule has 4 heteroatoms. The van der Waals surface area contributed by atoms with Gasteiger partial charge in [0.05, 0.1) is 13.2 Å². The molecule has 0 atom stereocenters. The van der Waals surface area contributed by atoms with Gasteiger partial charge in [-0.1, -0.05) is 30.3 Å². The Labute approximate surface area is 95.5 Å². The number of aliphatic hydroxyl groups excluding tert-OH is 1. The van der Waals surface area contributed by atoms with Gasteiger partial charge in [-0.25, -0.2) is 0 Å². The largest absolute Gasteiger partial charge is 0.460 e. The maximum atomic E-state index is 11.4. The maximum Gasteiger partial charge on any atom is 0.320 e. The molecule has 1 N–H and O–H groups in total. The van der Waals surface area contributed by atoms with Gasteiger partial charge < -0.3 is 9.84 Å². The zero-order valence-electron chi connectivity index (χ0n) is 9.43. The lowest BCUT2D eigenvalue weighted by molar-refractivity contribution is -0.146. The number of nitrogens with zero attached hydrogens (tertiary/aromatic N) is 1. The van der Waals surface area contributed by atoms with Gasteiger partial charge in [-0.3, -0.25) is 9.69 Å². The first-order valence-corrected chi connectivity index (χ1v) is 5.21. The lowest BCUT2D eigenvalue weighted by atomic mass is 10.2. The van der Waals surface area contributed by atoms with Crippen LogP contribution in [0.5, 0.6) is 0 Å². The molecule has 0 spiro atoms. The third kappa shape index (κ3) is 4.91. The second kappa shape index (κ2) is 6.98. The van der Waals surface area contributed by atoms with Crippen LogP contribution < -0.4 is 0 Å². The van der Waals surface area contributed by atoms with Gasteiger partial charge in [0.1, 0.15) is 6.61 Å². The van der Waals surface area contributed by atoms with E-state index in [0.717, 1.165) is 5.56 Å². The van der Waals surface area contributed by atoms with Gasteiger partial charge in [-0.05, 0) is 12.6 Å². The van der Waals surface area contributed by atoms with Gasteiger partial charge in [0.25, 0.3) is 0 Å². The summed E-state index contributed by atoms with van der Waals surface area (Å²) < 4.78 is 5.08. The highest BCUT2D eigenvalue weighted by Gasteiger charge is 2.06. The zero-order valence-corrected chi connectivity index (χ0v) is 9.43. The number of ether oxygens (including phenoxy) is 1. The minimum atomic E-state index is -0.278.